The summed E-state index contributed by atoms with van der Waals surface area (Å²) < 4.78 is 54.7. The minimum absolute atomic E-state index is 0.257. The van der Waals surface area contributed by atoms with Gasteiger partial charge in [0.1, 0.15) is 5.82 Å². The molecule has 29 heavy (non-hydrogen) atoms. The van der Waals surface area contributed by atoms with Gasteiger partial charge in [0, 0.05) is 37.8 Å². The van der Waals surface area contributed by atoms with Gasteiger partial charge in [-0.25, -0.2) is 0 Å². The molecule has 1 aromatic carbocycles. The highest BCUT2D eigenvalue weighted by Crippen LogP contribution is 2.56. The summed E-state index contributed by atoms with van der Waals surface area (Å²) in [6.45, 7) is 0. The third-order valence-electron chi connectivity index (χ3n) is 6.08. The lowest BCUT2D eigenvalue weighted by Crippen LogP contribution is -2.59. The van der Waals surface area contributed by atoms with Gasteiger partial charge in [0.05, 0.1) is 5.69 Å². The second-order valence-corrected chi connectivity index (χ2v) is 8.10. The molecule has 4 rings (SSSR count). The predicted octanol–water partition coefficient (Wildman–Crippen LogP) is 4.90. The second kappa shape index (κ2) is 7.15. The van der Waals surface area contributed by atoms with Gasteiger partial charge in [-0.05, 0) is 24.3 Å². The molecule has 1 amide bonds. The Morgan fingerprint density at radius 3 is 2.45 bits per heavy atom. The number of aromatic nitrogens is 2. The van der Waals surface area contributed by atoms with Crippen LogP contribution in [-0.2, 0) is 18.3 Å². The molecule has 2 aliphatic carbocycles. The minimum Gasteiger partial charge on any atom is -0.311 e. The van der Waals surface area contributed by atoms with Crippen molar-refractivity contribution < 1.29 is 22.4 Å². The van der Waals surface area contributed by atoms with E-state index in [1.807, 2.05) is 30.3 Å². The van der Waals surface area contributed by atoms with Crippen LogP contribution in [0.1, 0.15) is 54.8 Å². The number of nitrogens with one attached hydrogen (secondary N) is 1. The van der Waals surface area contributed by atoms with Crippen LogP contribution in [0.3, 0.4) is 0 Å². The molecule has 1 N–H and O–H groups in total. The molecule has 0 spiro atoms. The van der Waals surface area contributed by atoms with Crippen LogP contribution >= 0.6 is 0 Å². The Balaban J connectivity index is 1.53. The van der Waals surface area contributed by atoms with E-state index in [0.717, 1.165) is 36.1 Å². The van der Waals surface area contributed by atoms with Crippen LogP contribution < -0.4 is 5.32 Å². The molecule has 0 bridgehead atoms. The number of benzene rings is 1. The zero-order chi connectivity index (χ0) is 20.8. The first-order chi connectivity index (χ1) is 13.7. The molecule has 2 fully saturated rings. The molecule has 0 saturated heterocycles. The first kappa shape index (κ1) is 19.9. The lowest BCUT2D eigenvalue weighted by molar-refractivity contribution is -0.313. The van der Waals surface area contributed by atoms with Gasteiger partial charge in [0.15, 0.2) is 0 Å². The summed E-state index contributed by atoms with van der Waals surface area (Å²) in [5.74, 6) is -9.73. The van der Waals surface area contributed by atoms with E-state index < -0.39 is 36.5 Å². The Bertz CT molecular complexity index is 906. The summed E-state index contributed by atoms with van der Waals surface area (Å²) in [5, 5.41) is 7.24. The molecule has 2 saturated carbocycles. The number of carbonyl (C=O) groups is 1. The van der Waals surface area contributed by atoms with E-state index >= 15 is 0 Å². The Morgan fingerprint density at radius 2 is 1.90 bits per heavy atom. The van der Waals surface area contributed by atoms with E-state index in [2.05, 4.69) is 10.4 Å². The molecular weight excluding hydrogens is 386 g/mol. The van der Waals surface area contributed by atoms with Crippen molar-refractivity contribution >= 4 is 11.7 Å². The number of anilines is 1. The maximum absolute atomic E-state index is 13.5. The smallest absolute Gasteiger partial charge is 0.311 e. The summed E-state index contributed by atoms with van der Waals surface area (Å²) in [5.41, 5.74) is 2.86. The molecule has 4 nitrogen and oxygen atoms in total. The van der Waals surface area contributed by atoms with Crippen molar-refractivity contribution in [2.24, 2.45) is 13.0 Å². The topological polar surface area (TPSA) is 46.9 Å². The van der Waals surface area contributed by atoms with Crippen LogP contribution in [0.25, 0.3) is 0 Å². The van der Waals surface area contributed by atoms with Crippen molar-refractivity contribution in [3.63, 3.8) is 0 Å². The molecule has 1 heterocycles. The SMILES string of the molecule is Cn1nc(Cc2ccccc2)c(C2CCC2)c1NC(=O)C[C@H]1CC(F)(F)C1(F)F. The Morgan fingerprint density at radius 1 is 1.21 bits per heavy atom. The molecule has 0 radical (unpaired) electrons. The highest BCUT2D eigenvalue weighted by Gasteiger charge is 2.71. The van der Waals surface area contributed by atoms with E-state index in [1.165, 1.54) is 0 Å². The van der Waals surface area contributed by atoms with Crippen molar-refractivity contribution in [1.82, 2.24) is 9.78 Å². The van der Waals surface area contributed by atoms with E-state index in [-0.39, 0.29) is 5.92 Å². The zero-order valence-corrected chi connectivity index (χ0v) is 16.1. The summed E-state index contributed by atoms with van der Waals surface area (Å²) in [7, 11) is 1.69. The maximum atomic E-state index is 13.5. The largest absolute Gasteiger partial charge is 0.313 e. The standard InChI is InChI=1S/C21H23F4N3O/c1-28-19(26-17(29)11-15-12-20(22,23)21(15,24)25)18(14-8-5-9-14)16(27-28)10-13-6-3-2-4-7-13/h2-4,6-7,14-15H,5,8-12H2,1H3,(H,26,29)/t15-/m0/s1. The number of alkyl halides is 4. The van der Waals surface area contributed by atoms with E-state index in [1.54, 1.807) is 11.7 Å². The second-order valence-electron chi connectivity index (χ2n) is 8.10. The molecule has 0 unspecified atom stereocenters. The minimum atomic E-state index is -4.13. The van der Waals surface area contributed by atoms with Crippen LogP contribution in [0.4, 0.5) is 23.4 Å². The van der Waals surface area contributed by atoms with Gasteiger partial charge in [-0.3, -0.25) is 9.48 Å². The molecular formula is C21H23F4N3O. The highest BCUT2D eigenvalue weighted by atomic mass is 19.3. The fourth-order valence-corrected chi connectivity index (χ4v) is 4.14. The van der Waals surface area contributed by atoms with Crippen molar-refractivity contribution in [2.45, 2.75) is 56.3 Å². The van der Waals surface area contributed by atoms with Crippen LogP contribution in [0.5, 0.6) is 0 Å². The van der Waals surface area contributed by atoms with Gasteiger partial charge in [-0.15, -0.1) is 0 Å². The monoisotopic (exact) mass is 409 g/mol. The maximum Gasteiger partial charge on any atom is 0.313 e. The average Bonchev–Trinajstić information content (AvgIpc) is 2.89. The van der Waals surface area contributed by atoms with Crippen molar-refractivity contribution in [1.29, 1.82) is 0 Å². The van der Waals surface area contributed by atoms with Crippen molar-refractivity contribution in [3.8, 4) is 0 Å². The summed E-state index contributed by atoms with van der Waals surface area (Å²) in [6, 6.07) is 9.81. The van der Waals surface area contributed by atoms with Crippen molar-refractivity contribution in [3.05, 3.63) is 47.2 Å². The molecule has 2 aromatic rings. The Hall–Kier alpha value is -2.38. The van der Waals surface area contributed by atoms with Crippen molar-refractivity contribution in [2.75, 3.05) is 5.32 Å². The molecule has 1 aromatic heterocycles. The molecule has 0 aliphatic heterocycles. The predicted molar refractivity (Wildman–Crippen MR) is 100 cm³/mol. The van der Waals surface area contributed by atoms with Crippen LogP contribution in [0.15, 0.2) is 30.3 Å². The first-order valence-electron chi connectivity index (χ1n) is 9.84. The van der Waals surface area contributed by atoms with Crippen LogP contribution in [0, 0.1) is 5.92 Å². The normalized spacial score (nSPS) is 22.6. The van der Waals surface area contributed by atoms with Crippen LogP contribution in [-0.4, -0.2) is 27.5 Å². The number of hydrogen-bond acceptors (Lipinski definition) is 2. The number of carbonyl (C=O) groups excluding carboxylic acids is 1. The summed E-state index contributed by atoms with van der Waals surface area (Å²) in [4.78, 5) is 12.4. The Kier molecular flexibility index (Phi) is 4.91. The highest BCUT2D eigenvalue weighted by molar-refractivity contribution is 5.91. The zero-order valence-electron chi connectivity index (χ0n) is 16.1. The average molecular weight is 409 g/mol. The number of amides is 1. The van der Waals surface area contributed by atoms with Crippen LogP contribution in [0.2, 0.25) is 0 Å². The Labute approximate surface area is 166 Å². The fraction of sp³-hybridized carbons (Fsp3) is 0.524. The molecule has 8 heteroatoms. The lowest BCUT2D eigenvalue weighted by atomic mass is 9.74. The van der Waals surface area contributed by atoms with Gasteiger partial charge in [0.2, 0.25) is 5.91 Å². The third kappa shape index (κ3) is 3.53. The molecule has 156 valence electrons. The number of rotatable bonds is 6. The first-order valence-corrected chi connectivity index (χ1v) is 9.84. The van der Waals surface area contributed by atoms with Gasteiger partial charge in [-0.2, -0.15) is 22.7 Å². The fourth-order valence-electron chi connectivity index (χ4n) is 4.14. The summed E-state index contributed by atoms with van der Waals surface area (Å²) in [6.07, 6.45) is 2.04. The quantitative estimate of drug-likeness (QED) is 0.690. The number of hydrogen-bond donors (Lipinski definition) is 1. The number of halogens is 4. The summed E-state index contributed by atoms with van der Waals surface area (Å²) >= 11 is 0. The number of nitrogens with zero attached hydrogens (tertiary/aromatic N) is 2. The van der Waals surface area contributed by atoms with Gasteiger partial charge >= 0.3 is 11.8 Å². The number of aryl methyl sites for hydroxylation is 1. The molecule has 1 atom stereocenters. The van der Waals surface area contributed by atoms with Gasteiger partial charge in [-0.1, -0.05) is 36.8 Å². The molecule has 2 aliphatic rings. The van der Waals surface area contributed by atoms with E-state index in [4.69, 9.17) is 0 Å². The van der Waals surface area contributed by atoms with Gasteiger partial charge in [0.25, 0.3) is 0 Å². The third-order valence-corrected chi connectivity index (χ3v) is 6.08. The van der Waals surface area contributed by atoms with E-state index in [0.29, 0.717) is 12.2 Å². The van der Waals surface area contributed by atoms with E-state index in [9.17, 15) is 22.4 Å². The lowest BCUT2D eigenvalue weighted by Gasteiger charge is -2.43. The van der Waals surface area contributed by atoms with Gasteiger partial charge < -0.3 is 5.32 Å².